The molecule has 208 valence electrons. The molecule has 0 unspecified atom stereocenters. The van der Waals surface area contributed by atoms with E-state index >= 15 is 0 Å². The number of ether oxygens (including phenoxy) is 2. The molecule has 40 heavy (non-hydrogen) atoms. The minimum Gasteiger partial charge on any atom is -0.464 e. The normalized spacial score (nSPS) is 19.9. The fraction of sp³-hybridized carbons (Fsp3) is 0.323. The first kappa shape index (κ1) is 29.3. The highest BCUT2D eigenvalue weighted by Crippen LogP contribution is 2.38. The molecule has 2 aliphatic rings. The van der Waals surface area contributed by atoms with Gasteiger partial charge in [-0.25, -0.2) is 9.79 Å². The Balaban J connectivity index is 1.59. The van der Waals surface area contributed by atoms with Gasteiger partial charge in [0.2, 0.25) is 0 Å². The van der Waals surface area contributed by atoms with Gasteiger partial charge in [0.25, 0.3) is 6.02 Å². The third kappa shape index (κ3) is 7.26. The zero-order valence-electron chi connectivity index (χ0n) is 22.8. The van der Waals surface area contributed by atoms with Crippen LogP contribution in [0, 0.1) is 11.3 Å². The topological polar surface area (TPSA) is 87.0 Å². The number of allylic oxidation sites excluding steroid dienone is 3. The molecule has 0 radical (unpaired) electrons. The van der Waals surface area contributed by atoms with Gasteiger partial charge in [0.1, 0.15) is 12.2 Å². The summed E-state index contributed by atoms with van der Waals surface area (Å²) in [7, 11) is 0. The van der Waals surface area contributed by atoms with E-state index in [1.165, 1.54) is 6.20 Å². The van der Waals surface area contributed by atoms with Crippen LogP contribution >= 0.6 is 23.2 Å². The van der Waals surface area contributed by atoms with Gasteiger partial charge >= 0.3 is 6.09 Å². The molecule has 9 heteroatoms. The van der Waals surface area contributed by atoms with Crippen LogP contribution in [0.5, 0.6) is 0 Å². The predicted octanol–water partition coefficient (Wildman–Crippen LogP) is 7.19. The first-order chi connectivity index (χ1) is 19.0. The standard InChI is InChI=1S/C31H32Cl2N4O3/c1-21-16-26(32)27(33)19-35-28(36-21)39-20-31(12-14-37(15-13-31)29(38)40-30(2,3)4)25-10-8-23(9-11-25)24-7-5-6-22(17-24)18-34/h5-11,16-17,19H,1,12-15,20H2,2-4H3,(H,35,36)/b26-16+,27-19+. The molecule has 4 rings (SSSR count). The van der Waals surface area contributed by atoms with Crippen LogP contribution in [0.15, 0.2) is 88.1 Å². The number of hydrogen-bond acceptors (Lipinski definition) is 6. The molecule has 1 saturated heterocycles. The summed E-state index contributed by atoms with van der Waals surface area (Å²) < 4.78 is 11.8. The number of piperidine rings is 1. The maximum atomic E-state index is 12.8. The molecule has 2 aliphatic heterocycles. The average molecular weight is 580 g/mol. The van der Waals surface area contributed by atoms with E-state index in [1.807, 2.05) is 39.0 Å². The molecule has 1 fully saturated rings. The van der Waals surface area contributed by atoms with Crippen LogP contribution in [0.2, 0.25) is 0 Å². The number of nitriles is 1. The first-order valence-electron chi connectivity index (χ1n) is 13.0. The molecule has 7 nitrogen and oxygen atoms in total. The van der Waals surface area contributed by atoms with Crippen LogP contribution in [0.4, 0.5) is 4.79 Å². The van der Waals surface area contributed by atoms with Crippen molar-refractivity contribution >= 4 is 35.3 Å². The van der Waals surface area contributed by atoms with Gasteiger partial charge in [0.05, 0.1) is 27.9 Å². The summed E-state index contributed by atoms with van der Waals surface area (Å²) in [5.74, 6) is 0. The Kier molecular flexibility index (Phi) is 8.92. The van der Waals surface area contributed by atoms with Crippen molar-refractivity contribution in [1.82, 2.24) is 10.2 Å². The van der Waals surface area contributed by atoms with Crippen LogP contribution in [0.1, 0.15) is 44.7 Å². The molecule has 1 N–H and O–H groups in total. The number of likely N-dealkylation sites (tertiary alicyclic amines) is 1. The first-order valence-corrected chi connectivity index (χ1v) is 13.7. The van der Waals surface area contributed by atoms with Gasteiger partial charge in [-0.1, -0.05) is 66.2 Å². The molecule has 0 saturated carbocycles. The molecule has 2 aromatic rings. The SMILES string of the molecule is C=C1/C=C(Cl)\C(Cl)=C/N=C(OCC2(c3ccc(-c4cccc(C#N)c4)cc3)CCN(C(=O)OC(C)(C)C)CC2)N1. The molecule has 0 aliphatic carbocycles. The summed E-state index contributed by atoms with van der Waals surface area (Å²) in [6.07, 6.45) is 4.03. The quantitative estimate of drug-likeness (QED) is 0.415. The van der Waals surface area contributed by atoms with Crippen molar-refractivity contribution in [3.63, 3.8) is 0 Å². The minimum atomic E-state index is -0.566. The van der Waals surface area contributed by atoms with Crippen LogP contribution < -0.4 is 5.32 Å². The zero-order valence-corrected chi connectivity index (χ0v) is 24.4. The van der Waals surface area contributed by atoms with Gasteiger partial charge in [0.15, 0.2) is 0 Å². The maximum absolute atomic E-state index is 12.8. The highest BCUT2D eigenvalue weighted by Gasteiger charge is 2.39. The average Bonchev–Trinajstić information content (AvgIpc) is 2.93. The number of aliphatic imine (C=N–C) groups is 1. The highest BCUT2D eigenvalue weighted by atomic mass is 35.5. The van der Waals surface area contributed by atoms with E-state index < -0.39 is 11.0 Å². The lowest BCUT2D eigenvalue weighted by Crippen LogP contribution is -2.49. The van der Waals surface area contributed by atoms with Crippen LogP contribution in [0.25, 0.3) is 11.1 Å². The number of rotatable bonds is 4. The molecule has 1 amide bonds. The van der Waals surface area contributed by atoms with Crippen molar-refractivity contribution in [2.24, 2.45) is 4.99 Å². The van der Waals surface area contributed by atoms with Gasteiger partial charge < -0.3 is 19.7 Å². The number of carbonyl (C=O) groups is 1. The van der Waals surface area contributed by atoms with Gasteiger partial charge in [-0.2, -0.15) is 5.26 Å². The van der Waals surface area contributed by atoms with E-state index in [0.29, 0.717) is 48.8 Å². The van der Waals surface area contributed by atoms with Crippen LogP contribution in [-0.4, -0.2) is 42.3 Å². The maximum Gasteiger partial charge on any atom is 0.410 e. The molecule has 2 aromatic carbocycles. The van der Waals surface area contributed by atoms with Crippen molar-refractivity contribution in [1.29, 1.82) is 5.26 Å². The second kappa shape index (κ2) is 12.2. The molecule has 0 aromatic heterocycles. The van der Waals surface area contributed by atoms with Crippen LogP contribution in [-0.2, 0) is 14.9 Å². The Hall–Kier alpha value is -3.73. The Bertz CT molecular complexity index is 1410. The Morgan fingerprint density at radius 2 is 1.82 bits per heavy atom. The number of nitrogens with zero attached hydrogens (tertiary/aromatic N) is 3. The summed E-state index contributed by atoms with van der Waals surface area (Å²) in [5, 5.41) is 12.9. The van der Waals surface area contributed by atoms with Crippen molar-refractivity contribution in [3.05, 3.63) is 94.3 Å². The number of nitrogens with one attached hydrogen (secondary N) is 1. The van der Waals surface area contributed by atoms with Gasteiger partial charge in [-0.05, 0) is 68.5 Å². The molecular weight excluding hydrogens is 547 g/mol. The number of carbonyl (C=O) groups excluding carboxylic acids is 1. The lowest BCUT2D eigenvalue weighted by Gasteiger charge is -2.42. The number of hydrogen-bond donors (Lipinski definition) is 1. The van der Waals surface area contributed by atoms with Gasteiger partial charge in [0, 0.05) is 24.2 Å². The van der Waals surface area contributed by atoms with Crippen molar-refractivity contribution in [2.45, 2.75) is 44.6 Å². The van der Waals surface area contributed by atoms with E-state index in [0.717, 1.165) is 16.7 Å². The summed E-state index contributed by atoms with van der Waals surface area (Å²) in [5.41, 5.74) is 3.20. The van der Waals surface area contributed by atoms with Gasteiger partial charge in [-0.15, -0.1) is 0 Å². The zero-order chi connectivity index (χ0) is 28.9. The Morgan fingerprint density at radius 1 is 1.12 bits per heavy atom. The monoisotopic (exact) mass is 578 g/mol. The molecule has 0 spiro atoms. The van der Waals surface area contributed by atoms with Crippen LogP contribution in [0.3, 0.4) is 0 Å². The second-order valence-electron chi connectivity index (χ2n) is 10.9. The Labute approximate surface area is 245 Å². The minimum absolute atomic E-state index is 0.252. The number of benzene rings is 2. The van der Waals surface area contributed by atoms with Crippen molar-refractivity contribution in [3.8, 4) is 17.2 Å². The van der Waals surface area contributed by atoms with E-state index in [2.05, 4.69) is 47.2 Å². The molecule has 0 bridgehead atoms. The van der Waals surface area contributed by atoms with Crippen molar-refractivity contribution < 1.29 is 14.3 Å². The fourth-order valence-corrected chi connectivity index (χ4v) is 4.91. The van der Waals surface area contributed by atoms with Crippen molar-refractivity contribution in [2.75, 3.05) is 19.7 Å². The summed E-state index contributed by atoms with van der Waals surface area (Å²) in [6.45, 7) is 10.9. The summed E-state index contributed by atoms with van der Waals surface area (Å²) in [6, 6.07) is 18.3. The van der Waals surface area contributed by atoms with E-state index in [1.54, 1.807) is 17.0 Å². The van der Waals surface area contributed by atoms with E-state index in [9.17, 15) is 10.1 Å². The smallest absolute Gasteiger partial charge is 0.410 e. The lowest BCUT2D eigenvalue weighted by molar-refractivity contribution is 0.0127. The fourth-order valence-electron chi connectivity index (χ4n) is 4.63. The van der Waals surface area contributed by atoms with E-state index in [-0.39, 0.29) is 17.1 Å². The third-order valence-electron chi connectivity index (χ3n) is 6.77. The van der Waals surface area contributed by atoms with E-state index in [4.69, 9.17) is 32.7 Å². The number of halogens is 2. The largest absolute Gasteiger partial charge is 0.464 e. The third-order valence-corrected chi connectivity index (χ3v) is 7.48. The summed E-state index contributed by atoms with van der Waals surface area (Å²) in [4.78, 5) is 18.8. The lowest BCUT2D eigenvalue weighted by atomic mass is 9.73. The highest BCUT2D eigenvalue weighted by molar-refractivity contribution is 6.44. The second-order valence-corrected chi connectivity index (χ2v) is 11.7. The predicted molar refractivity (Wildman–Crippen MR) is 159 cm³/mol. The molecular formula is C31H32Cl2N4O3. The molecule has 0 atom stereocenters. The number of amidine groups is 1. The number of amides is 1. The van der Waals surface area contributed by atoms with Gasteiger partial charge in [-0.3, -0.25) is 0 Å². The summed E-state index contributed by atoms with van der Waals surface area (Å²) >= 11 is 12.3. The Morgan fingerprint density at radius 3 is 2.48 bits per heavy atom. The molecule has 2 heterocycles.